The highest BCUT2D eigenvalue weighted by molar-refractivity contribution is 6.13. The molecule has 0 fully saturated rings. The summed E-state index contributed by atoms with van der Waals surface area (Å²) in [6.45, 7) is 3.02. The van der Waals surface area contributed by atoms with Gasteiger partial charge in [-0.1, -0.05) is 36.4 Å². The van der Waals surface area contributed by atoms with Crippen molar-refractivity contribution in [2.24, 2.45) is 0 Å². The van der Waals surface area contributed by atoms with E-state index in [1.165, 1.54) is 5.56 Å². The summed E-state index contributed by atoms with van der Waals surface area (Å²) in [5, 5.41) is 7.47. The minimum absolute atomic E-state index is 0.172. The molecule has 5 rings (SSSR count). The van der Waals surface area contributed by atoms with Gasteiger partial charge in [-0.25, -0.2) is 4.98 Å². The van der Waals surface area contributed by atoms with Crippen LogP contribution in [0, 0.1) is 0 Å². The molecular weight excluding hydrogens is 538 g/mol. The fourth-order valence-corrected chi connectivity index (χ4v) is 5.08. The molecule has 0 saturated heterocycles. The Labute approximate surface area is 252 Å². The van der Waals surface area contributed by atoms with E-state index in [9.17, 15) is 4.79 Å². The molecule has 4 aromatic carbocycles. The summed E-state index contributed by atoms with van der Waals surface area (Å²) in [5.41, 5.74) is 6.11. The van der Waals surface area contributed by atoms with Crippen molar-refractivity contribution < 1.29 is 19.0 Å². The van der Waals surface area contributed by atoms with Gasteiger partial charge >= 0.3 is 0 Å². The summed E-state index contributed by atoms with van der Waals surface area (Å²) in [5.74, 6) is 2.06. The normalized spacial score (nSPS) is 11.6. The molecule has 7 heteroatoms. The van der Waals surface area contributed by atoms with Crippen LogP contribution in [0.1, 0.15) is 40.9 Å². The van der Waals surface area contributed by atoms with Crippen molar-refractivity contribution in [3.63, 3.8) is 0 Å². The molecule has 0 bridgehead atoms. The Bertz CT molecular complexity index is 1680. The Morgan fingerprint density at radius 3 is 2.28 bits per heavy atom. The number of aryl methyl sites for hydroxylation is 1. The Balaban J connectivity index is 1.20. The number of benzene rings is 4. The van der Waals surface area contributed by atoms with Crippen molar-refractivity contribution >= 4 is 22.5 Å². The Morgan fingerprint density at radius 2 is 1.56 bits per heavy atom. The number of carbonyl (C=O) groups is 1. The predicted octanol–water partition coefficient (Wildman–Crippen LogP) is 7.46. The first kappa shape index (κ1) is 29.6. The van der Waals surface area contributed by atoms with Crippen molar-refractivity contribution in [1.29, 1.82) is 0 Å². The van der Waals surface area contributed by atoms with E-state index >= 15 is 0 Å². The van der Waals surface area contributed by atoms with Crippen LogP contribution in [-0.2, 0) is 6.42 Å². The maximum atomic E-state index is 13.5. The molecule has 0 aliphatic heterocycles. The fourth-order valence-electron chi connectivity index (χ4n) is 5.08. The van der Waals surface area contributed by atoms with Crippen LogP contribution in [0.2, 0.25) is 0 Å². The predicted molar refractivity (Wildman–Crippen MR) is 172 cm³/mol. The average Bonchev–Trinajstić information content (AvgIpc) is 3.06. The lowest BCUT2D eigenvalue weighted by molar-refractivity contribution is 0.102. The average molecular weight is 576 g/mol. The number of nitrogens with one attached hydrogen (secondary N) is 2. The minimum Gasteiger partial charge on any atom is -0.497 e. The summed E-state index contributed by atoms with van der Waals surface area (Å²) in [7, 11) is 4.93. The second kappa shape index (κ2) is 13.9. The van der Waals surface area contributed by atoms with Gasteiger partial charge in [-0.2, -0.15) is 0 Å². The monoisotopic (exact) mass is 575 g/mol. The van der Waals surface area contributed by atoms with Crippen molar-refractivity contribution in [1.82, 2.24) is 10.3 Å². The van der Waals surface area contributed by atoms with E-state index in [2.05, 4.69) is 35.8 Å². The number of aromatic nitrogens is 1. The van der Waals surface area contributed by atoms with Crippen molar-refractivity contribution in [2.45, 2.75) is 25.8 Å². The van der Waals surface area contributed by atoms with E-state index in [1.54, 1.807) is 21.3 Å². The molecule has 0 spiro atoms. The van der Waals surface area contributed by atoms with Crippen LogP contribution < -0.4 is 24.8 Å². The molecule has 1 heterocycles. The molecule has 220 valence electrons. The maximum absolute atomic E-state index is 13.5. The molecule has 5 aromatic rings. The van der Waals surface area contributed by atoms with E-state index < -0.39 is 0 Å². The minimum atomic E-state index is -0.172. The summed E-state index contributed by atoms with van der Waals surface area (Å²) >= 11 is 0. The zero-order valence-corrected chi connectivity index (χ0v) is 25.0. The largest absolute Gasteiger partial charge is 0.497 e. The molecule has 0 aliphatic rings. The van der Waals surface area contributed by atoms with E-state index in [0.717, 1.165) is 70.0 Å². The first-order chi connectivity index (χ1) is 21.0. The molecule has 1 atom stereocenters. The number of nitrogens with zero attached hydrogens (tertiary/aromatic N) is 1. The van der Waals surface area contributed by atoms with Gasteiger partial charge in [-0.05, 0) is 98.1 Å². The zero-order chi connectivity index (χ0) is 30.2. The lowest BCUT2D eigenvalue weighted by atomic mass is 10.0. The number of ether oxygens (including phenoxy) is 3. The van der Waals surface area contributed by atoms with E-state index in [1.807, 2.05) is 78.9 Å². The van der Waals surface area contributed by atoms with Crippen LogP contribution in [-0.4, -0.2) is 38.8 Å². The van der Waals surface area contributed by atoms with Crippen molar-refractivity contribution in [3.05, 3.63) is 114 Å². The van der Waals surface area contributed by atoms with Crippen LogP contribution >= 0.6 is 0 Å². The van der Waals surface area contributed by atoms with Crippen LogP contribution in [0.4, 0.5) is 5.69 Å². The van der Waals surface area contributed by atoms with Gasteiger partial charge in [0, 0.05) is 22.7 Å². The van der Waals surface area contributed by atoms with Gasteiger partial charge in [-0.15, -0.1) is 0 Å². The van der Waals surface area contributed by atoms with Crippen LogP contribution in [0.15, 0.2) is 97.1 Å². The molecule has 0 saturated carbocycles. The van der Waals surface area contributed by atoms with Crippen LogP contribution in [0.25, 0.3) is 22.2 Å². The number of anilines is 1. The van der Waals surface area contributed by atoms with E-state index in [4.69, 9.17) is 19.2 Å². The lowest BCUT2D eigenvalue weighted by Crippen LogP contribution is -2.20. The molecule has 1 unspecified atom stereocenters. The smallest absolute Gasteiger partial charge is 0.256 e. The molecule has 7 nitrogen and oxygen atoms in total. The number of pyridine rings is 1. The second-order valence-electron chi connectivity index (χ2n) is 10.3. The summed E-state index contributed by atoms with van der Waals surface area (Å²) < 4.78 is 16.1. The standard InChI is InChI=1S/C36H37N3O4/c1-24(27-15-20-34(42-3)35(22-27)43-4)37-21-7-8-25-11-16-28(17-12-25)38-36(40)31-23-33(26-13-18-29(41-2)19-14-26)39-32-10-6-5-9-30(31)32/h5-6,9-20,22-24,37H,7-8,21H2,1-4H3,(H,38,40). The highest BCUT2D eigenvalue weighted by Gasteiger charge is 2.15. The number of para-hydroxylation sites is 1. The molecular formula is C36H37N3O4. The molecule has 1 amide bonds. The maximum Gasteiger partial charge on any atom is 0.256 e. The van der Waals surface area contributed by atoms with Crippen LogP contribution in [0.3, 0.4) is 0 Å². The number of hydrogen-bond acceptors (Lipinski definition) is 6. The highest BCUT2D eigenvalue weighted by atomic mass is 16.5. The topological polar surface area (TPSA) is 81.7 Å². The van der Waals surface area contributed by atoms with Crippen molar-refractivity contribution in [3.8, 4) is 28.5 Å². The van der Waals surface area contributed by atoms with Gasteiger partial charge in [0.25, 0.3) is 5.91 Å². The third-order valence-electron chi connectivity index (χ3n) is 7.56. The number of amides is 1. The number of methoxy groups -OCH3 is 3. The van der Waals surface area contributed by atoms with Gasteiger partial charge in [0.15, 0.2) is 11.5 Å². The number of fused-ring (bicyclic) bond motifs is 1. The van der Waals surface area contributed by atoms with E-state index in [-0.39, 0.29) is 11.9 Å². The number of hydrogen-bond donors (Lipinski definition) is 2. The molecule has 0 radical (unpaired) electrons. The zero-order valence-electron chi connectivity index (χ0n) is 25.0. The molecule has 43 heavy (non-hydrogen) atoms. The first-order valence-corrected chi connectivity index (χ1v) is 14.4. The molecule has 0 aliphatic carbocycles. The third kappa shape index (κ3) is 7.13. The van der Waals surface area contributed by atoms with Gasteiger partial charge in [-0.3, -0.25) is 4.79 Å². The Kier molecular flexibility index (Phi) is 9.54. The van der Waals surface area contributed by atoms with Gasteiger partial charge in [0.1, 0.15) is 5.75 Å². The first-order valence-electron chi connectivity index (χ1n) is 14.4. The fraction of sp³-hybridized carbons (Fsp3) is 0.222. The third-order valence-corrected chi connectivity index (χ3v) is 7.56. The lowest BCUT2D eigenvalue weighted by Gasteiger charge is -2.16. The van der Waals surface area contributed by atoms with Gasteiger partial charge < -0.3 is 24.8 Å². The number of rotatable bonds is 12. The summed E-state index contributed by atoms with van der Waals surface area (Å²) in [6, 6.07) is 31.5. The summed E-state index contributed by atoms with van der Waals surface area (Å²) in [6.07, 6.45) is 1.92. The Hall–Kier alpha value is -4.88. The number of carbonyl (C=O) groups excluding carboxylic acids is 1. The van der Waals surface area contributed by atoms with E-state index in [0.29, 0.717) is 5.56 Å². The molecule has 2 N–H and O–H groups in total. The SMILES string of the molecule is COc1ccc(-c2cc(C(=O)Nc3ccc(CCCNC(C)c4ccc(OC)c(OC)c4)cc3)c3ccccc3n2)cc1. The highest BCUT2D eigenvalue weighted by Crippen LogP contribution is 2.30. The van der Waals surface area contributed by atoms with Gasteiger partial charge in [0.05, 0.1) is 38.1 Å². The Morgan fingerprint density at radius 1 is 0.814 bits per heavy atom. The van der Waals surface area contributed by atoms with Gasteiger partial charge in [0.2, 0.25) is 0 Å². The summed E-state index contributed by atoms with van der Waals surface area (Å²) in [4.78, 5) is 18.3. The quantitative estimate of drug-likeness (QED) is 0.150. The van der Waals surface area contributed by atoms with Crippen LogP contribution in [0.5, 0.6) is 17.2 Å². The molecule has 1 aromatic heterocycles. The van der Waals surface area contributed by atoms with Crippen molar-refractivity contribution in [2.75, 3.05) is 33.2 Å². The second-order valence-corrected chi connectivity index (χ2v) is 10.3.